The highest BCUT2D eigenvalue weighted by molar-refractivity contribution is 6.31. The predicted molar refractivity (Wildman–Crippen MR) is 129 cm³/mol. The van der Waals surface area contributed by atoms with Gasteiger partial charge in [0.2, 0.25) is 0 Å². The molecular formula is C26H20ClF4NO6. The smallest absolute Gasteiger partial charge is 0.482 e. The molecule has 4 rings (SSSR count). The van der Waals surface area contributed by atoms with E-state index in [1.807, 2.05) is 0 Å². The second-order valence-corrected chi connectivity index (χ2v) is 9.07. The third-order valence-corrected chi connectivity index (χ3v) is 6.80. The summed E-state index contributed by atoms with van der Waals surface area (Å²) in [5, 5.41) is 19.7. The van der Waals surface area contributed by atoms with Gasteiger partial charge in [0.25, 0.3) is 5.91 Å². The number of halogens is 5. The van der Waals surface area contributed by atoms with Gasteiger partial charge in [0, 0.05) is 18.0 Å². The van der Waals surface area contributed by atoms with Gasteiger partial charge in [-0.3, -0.25) is 4.79 Å². The molecule has 2 atom stereocenters. The minimum absolute atomic E-state index is 0.0417. The fraction of sp³-hybridized carbons (Fsp3) is 0.231. The Balaban J connectivity index is 1.73. The summed E-state index contributed by atoms with van der Waals surface area (Å²) in [6, 6.07) is 10.8. The van der Waals surface area contributed by atoms with E-state index in [1.165, 1.54) is 37.4 Å². The monoisotopic (exact) mass is 553 g/mol. The lowest BCUT2D eigenvalue weighted by Gasteiger charge is -2.38. The SMILES string of the molecule is C[C@H](c1ccc(-c2ccc(OC(=O)O)c(F)c2)cc1Cl)[C@@](O)(c1ccc2c(c1)N(C)C(=O)CO2)C(F)(F)F. The lowest BCUT2D eigenvalue weighted by molar-refractivity contribution is -0.274. The van der Waals surface area contributed by atoms with E-state index in [0.29, 0.717) is 5.56 Å². The van der Waals surface area contributed by atoms with Crippen LogP contribution in [-0.4, -0.2) is 42.1 Å². The molecule has 1 aliphatic heterocycles. The van der Waals surface area contributed by atoms with E-state index in [4.69, 9.17) is 21.4 Å². The number of carbonyl (C=O) groups is 2. The molecule has 0 fully saturated rings. The van der Waals surface area contributed by atoms with E-state index in [0.717, 1.165) is 36.1 Å². The molecule has 1 aliphatic rings. The van der Waals surface area contributed by atoms with Crippen molar-refractivity contribution in [3.8, 4) is 22.6 Å². The summed E-state index contributed by atoms with van der Waals surface area (Å²) in [4.78, 5) is 23.8. The topological polar surface area (TPSA) is 96.3 Å². The van der Waals surface area contributed by atoms with Crippen LogP contribution in [0.4, 0.5) is 28.0 Å². The average molecular weight is 554 g/mol. The van der Waals surface area contributed by atoms with Crippen molar-refractivity contribution >= 4 is 29.4 Å². The Hall–Kier alpha value is -3.83. The zero-order valence-electron chi connectivity index (χ0n) is 19.8. The molecule has 1 heterocycles. The van der Waals surface area contributed by atoms with Gasteiger partial charge in [-0.1, -0.05) is 42.8 Å². The Kier molecular flexibility index (Phi) is 7.02. The van der Waals surface area contributed by atoms with Crippen molar-refractivity contribution in [1.82, 2.24) is 0 Å². The average Bonchev–Trinajstić information content (AvgIpc) is 2.85. The first kappa shape index (κ1) is 27.2. The summed E-state index contributed by atoms with van der Waals surface area (Å²) in [7, 11) is 1.39. The van der Waals surface area contributed by atoms with E-state index in [2.05, 4.69) is 4.74 Å². The molecule has 12 heteroatoms. The highest BCUT2D eigenvalue weighted by Gasteiger charge is 2.59. The van der Waals surface area contributed by atoms with Gasteiger partial charge in [0.15, 0.2) is 23.8 Å². The van der Waals surface area contributed by atoms with Crippen LogP contribution in [0.15, 0.2) is 54.6 Å². The highest BCUT2D eigenvalue weighted by Crippen LogP contribution is 2.51. The quantitative estimate of drug-likeness (QED) is 0.225. The predicted octanol–water partition coefficient (Wildman–Crippen LogP) is 6.11. The van der Waals surface area contributed by atoms with Gasteiger partial charge >= 0.3 is 12.3 Å². The van der Waals surface area contributed by atoms with Crippen LogP contribution in [0.2, 0.25) is 5.02 Å². The molecule has 2 N–H and O–H groups in total. The Morgan fingerprint density at radius 3 is 2.37 bits per heavy atom. The van der Waals surface area contributed by atoms with Crippen LogP contribution in [0.1, 0.15) is 24.0 Å². The van der Waals surface area contributed by atoms with Gasteiger partial charge in [0.05, 0.1) is 5.69 Å². The maximum atomic E-state index is 14.5. The molecule has 0 aromatic heterocycles. The van der Waals surface area contributed by atoms with Crippen LogP contribution < -0.4 is 14.4 Å². The molecule has 38 heavy (non-hydrogen) atoms. The molecule has 7 nitrogen and oxygen atoms in total. The second-order valence-electron chi connectivity index (χ2n) is 8.66. The Bertz CT molecular complexity index is 1430. The first-order chi connectivity index (χ1) is 17.7. The van der Waals surface area contributed by atoms with Gasteiger partial charge in [0.1, 0.15) is 5.75 Å². The number of carboxylic acid groups (broad SMARTS) is 1. The molecule has 0 saturated carbocycles. The summed E-state index contributed by atoms with van der Waals surface area (Å²) < 4.78 is 67.3. The van der Waals surface area contributed by atoms with Crippen molar-refractivity contribution in [1.29, 1.82) is 0 Å². The second kappa shape index (κ2) is 9.80. The van der Waals surface area contributed by atoms with E-state index < -0.39 is 46.9 Å². The summed E-state index contributed by atoms with van der Waals surface area (Å²) in [5.74, 6) is -3.37. The van der Waals surface area contributed by atoms with Crippen LogP contribution >= 0.6 is 11.6 Å². The van der Waals surface area contributed by atoms with Crippen molar-refractivity contribution in [3.63, 3.8) is 0 Å². The van der Waals surface area contributed by atoms with E-state index in [1.54, 1.807) is 0 Å². The lowest BCUT2D eigenvalue weighted by atomic mass is 9.77. The maximum absolute atomic E-state index is 14.5. The number of ether oxygens (including phenoxy) is 2. The van der Waals surface area contributed by atoms with E-state index in [9.17, 15) is 32.3 Å². The third-order valence-electron chi connectivity index (χ3n) is 6.47. The fourth-order valence-electron chi connectivity index (χ4n) is 4.31. The largest absolute Gasteiger partial charge is 0.511 e. The maximum Gasteiger partial charge on any atom is 0.511 e. The normalized spacial score (nSPS) is 15.8. The summed E-state index contributed by atoms with van der Waals surface area (Å²) in [5.41, 5.74) is -3.30. The van der Waals surface area contributed by atoms with Crippen LogP contribution in [-0.2, 0) is 10.4 Å². The van der Waals surface area contributed by atoms with Gasteiger partial charge < -0.3 is 24.6 Å². The molecule has 0 bridgehead atoms. The molecule has 0 radical (unpaired) electrons. The Labute approximate surface area is 218 Å². The number of nitrogens with zero attached hydrogens (tertiary/aromatic N) is 1. The van der Waals surface area contributed by atoms with Crippen LogP contribution in [0.5, 0.6) is 11.5 Å². The number of carbonyl (C=O) groups excluding carboxylic acids is 1. The number of hydrogen-bond acceptors (Lipinski definition) is 5. The number of hydrogen-bond donors (Lipinski definition) is 2. The lowest BCUT2D eigenvalue weighted by Crippen LogP contribution is -2.47. The summed E-state index contributed by atoms with van der Waals surface area (Å²) in [6.45, 7) is 0.904. The first-order valence-corrected chi connectivity index (χ1v) is 11.4. The minimum Gasteiger partial charge on any atom is -0.482 e. The number of likely N-dealkylation sites (N-methyl/N-ethyl adjacent to an activating group) is 1. The first-order valence-electron chi connectivity index (χ1n) is 11.1. The Morgan fingerprint density at radius 2 is 1.76 bits per heavy atom. The molecule has 0 unspecified atom stereocenters. The minimum atomic E-state index is -5.15. The van der Waals surface area contributed by atoms with Crippen molar-refractivity contribution in [2.45, 2.75) is 24.6 Å². The summed E-state index contributed by atoms with van der Waals surface area (Å²) in [6.07, 6.45) is -6.84. The highest BCUT2D eigenvalue weighted by atomic mass is 35.5. The van der Waals surface area contributed by atoms with Crippen molar-refractivity contribution < 1.29 is 46.8 Å². The number of benzene rings is 3. The molecule has 0 aliphatic carbocycles. The van der Waals surface area contributed by atoms with Crippen LogP contribution in [0.3, 0.4) is 0 Å². The van der Waals surface area contributed by atoms with Crippen LogP contribution in [0.25, 0.3) is 11.1 Å². The Morgan fingerprint density at radius 1 is 1.11 bits per heavy atom. The number of amides is 1. The molecule has 3 aromatic carbocycles. The number of aliphatic hydroxyl groups is 1. The van der Waals surface area contributed by atoms with Gasteiger partial charge in [-0.25, -0.2) is 9.18 Å². The standard InChI is InChI=1S/C26H20ClF4NO6/c1-13(17-6-3-14(9-18(17)27)15-4-7-21(19(28)10-15)38-24(34)35)25(36,26(29,30)31)16-5-8-22-20(11-16)32(2)23(33)12-37-22/h3-11,13,36H,12H2,1-2H3,(H,34,35)/t13-,25-/m1/s1. The number of anilines is 1. The molecule has 0 saturated heterocycles. The molecule has 0 spiro atoms. The summed E-state index contributed by atoms with van der Waals surface area (Å²) >= 11 is 6.37. The molecule has 3 aromatic rings. The van der Waals surface area contributed by atoms with Gasteiger partial charge in [-0.2, -0.15) is 13.2 Å². The van der Waals surface area contributed by atoms with Crippen LogP contribution in [0, 0.1) is 5.82 Å². The van der Waals surface area contributed by atoms with E-state index in [-0.39, 0.29) is 34.2 Å². The fourth-order valence-corrected chi connectivity index (χ4v) is 4.65. The van der Waals surface area contributed by atoms with Gasteiger partial charge in [-0.05, 0) is 52.6 Å². The number of fused-ring (bicyclic) bond motifs is 1. The molecule has 200 valence electrons. The molecular weight excluding hydrogens is 534 g/mol. The number of alkyl halides is 3. The third kappa shape index (κ3) is 4.74. The number of rotatable bonds is 5. The molecule has 1 amide bonds. The van der Waals surface area contributed by atoms with E-state index >= 15 is 0 Å². The van der Waals surface area contributed by atoms with Gasteiger partial charge in [-0.15, -0.1) is 0 Å². The zero-order chi connectivity index (χ0) is 28.0. The van der Waals surface area contributed by atoms with Crippen molar-refractivity contribution in [2.75, 3.05) is 18.6 Å². The van der Waals surface area contributed by atoms with Crippen molar-refractivity contribution in [3.05, 3.63) is 76.6 Å². The van der Waals surface area contributed by atoms with Crippen molar-refractivity contribution in [2.24, 2.45) is 0 Å². The zero-order valence-corrected chi connectivity index (χ0v) is 20.6.